The van der Waals surface area contributed by atoms with Gasteiger partial charge in [0, 0.05) is 19.2 Å². The van der Waals surface area contributed by atoms with Crippen LogP contribution in [0.5, 0.6) is 5.75 Å². The lowest BCUT2D eigenvalue weighted by Gasteiger charge is -2.24. The maximum absolute atomic E-state index is 13.0. The van der Waals surface area contributed by atoms with Gasteiger partial charge >= 0.3 is 0 Å². The van der Waals surface area contributed by atoms with Crippen LogP contribution in [0.25, 0.3) is 0 Å². The second kappa shape index (κ2) is 6.87. The van der Waals surface area contributed by atoms with Gasteiger partial charge in [-0.3, -0.25) is 4.79 Å². The fraction of sp³-hybridized carbons (Fsp3) is 0.389. The van der Waals surface area contributed by atoms with E-state index in [1.165, 1.54) is 0 Å². The van der Waals surface area contributed by atoms with Crippen molar-refractivity contribution < 1.29 is 18.7 Å². The minimum Gasteiger partial charge on any atom is -0.492 e. The molecule has 0 saturated carbocycles. The number of methoxy groups -OCH3 is 1. The second-order valence-corrected chi connectivity index (χ2v) is 5.67. The number of rotatable bonds is 6. The summed E-state index contributed by atoms with van der Waals surface area (Å²) in [5.41, 5.74) is 0.954. The molecular weight excluding hydrogens is 294 g/mol. The van der Waals surface area contributed by atoms with Crippen molar-refractivity contribution in [1.29, 1.82) is 0 Å². The van der Waals surface area contributed by atoms with Crippen molar-refractivity contribution in [3.63, 3.8) is 0 Å². The number of hydrogen-bond acceptors (Lipinski definition) is 4. The molecule has 122 valence electrons. The summed E-state index contributed by atoms with van der Waals surface area (Å²) in [7, 11) is 1.63. The van der Waals surface area contributed by atoms with Crippen LogP contribution in [-0.4, -0.2) is 37.7 Å². The molecule has 1 aromatic heterocycles. The molecule has 1 aromatic carbocycles. The van der Waals surface area contributed by atoms with Crippen LogP contribution in [0.4, 0.5) is 0 Å². The van der Waals surface area contributed by atoms with Gasteiger partial charge in [0.15, 0.2) is 0 Å². The number of fused-ring (bicyclic) bond motifs is 1. The standard InChI is InChI=1S/C18H21NO4/c1-13-7-8-14(23-13)11-19(9-10-21-2)18(20)16-12-22-17-6-4-3-5-15(16)17/h3-8,16H,9-12H2,1-2H3. The van der Waals surface area contributed by atoms with Crippen molar-refractivity contribution in [3.8, 4) is 5.75 Å². The number of para-hydroxylation sites is 1. The van der Waals surface area contributed by atoms with Gasteiger partial charge in [0.25, 0.3) is 0 Å². The molecular formula is C18H21NO4. The van der Waals surface area contributed by atoms with Gasteiger partial charge in [-0.1, -0.05) is 18.2 Å². The lowest BCUT2D eigenvalue weighted by Crippen LogP contribution is -2.37. The summed E-state index contributed by atoms with van der Waals surface area (Å²) in [6, 6.07) is 11.5. The van der Waals surface area contributed by atoms with Gasteiger partial charge in [-0.2, -0.15) is 0 Å². The van der Waals surface area contributed by atoms with Crippen molar-refractivity contribution in [2.45, 2.75) is 19.4 Å². The smallest absolute Gasteiger partial charge is 0.234 e. The van der Waals surface area contributed by atoms with Crippen molar-refractivity contribution in [3.05, 3.63) is 53.5 Å². The Morgan fingerprint density at radius 3 is 2.87 bits per heavy atom. The van der Waals surface area contributed by atoms with E-state index in [0.29, 0.717) is 26.3 Å². The van der Waals surface area contributed by atoms with E-state index in [-0.39, 0.29) is 11.8 Å². The van der Waals surface area contributed by atoms with E-state index in [0.717, 1.165) is 22.8 Å². The maximum atomic E-state index is 13.0. The molecule has 2 aromatic rings. The molecule has 3 rings (SSSR count). The molecule has 0 saturated heterocycles. The lowest BCUT2D eigenvalue weighted by molar-refractivity contribution is -0.134. The first-order chi connectivity index (χ1) is 11.2. The first-order valence-electron chi connectivity index (χ1n) is 7.74. The van der Waals surface area contributed by atoms with Crippen LogP contribution < -0.4 is 4.74 Å². The fourth-order valence-corrected chi connectivity index (χ4v) is 2.81. The third kappa shape index (κ3) is 3.40. The van der Waals surface area contributed by atoms with Gasteiger partial charge in [-0.15, -0.1) is 0 Å². The summed E-state index contributed by atoms with van der Waals surface area (Å²) in [5, 5.41) is 0. The molecule has 2 heterocycles. The number of nitrogens with zero attached hydrogens (tertiary/aromatic N) is 1. The summed E-state index contributed by atoms with van der Waals surface area (Å²) < 4.78 is 16.4. The maximum Gasteiger partial charge on any atom is 0.234 e. The average molecular weight is 315 g/mol. The van der Waals surface area contributed by atoms with Crippen LogP contribution in [0, 0.1) is 6.92 Å². The van der Waals surface area contributed by atoms with Gasteiger partial charge in [0.05, 0.1) is 13.2 Å². The second-order valence-electron chi connectivity index (χ2n) is 5.67. The molecule has 0 radical (unpaired) electrons. The Kier molecular flexibility index (Phi) is 4.67. The molecule has 1 atom stereocenters. The van der Waals surface area contributed by atoms with Gasteiger partial charge in [0.1, 0.15) is 29.8 Å². The van der Waals surface area contributed by atoms with Crippen LogP contribution in [0.3, 0.4) is 0 Å². The molecule has 5 nitrogen and oxygen atoms in total. The molecule has 0 aliphatic carbocycles. The van der Waals surface area contributed by atoms with Gasteiger partial charge in [0.2, 0.25) is 5.91 Å². The SMILES string of the molecule is COCCN(Cc1ccc(C)o1)C(=O)C1COc2ccccc21. The molecule has 1 aliphatic rings. The van der Waals surface area contributed by atoms with Crippen molar-refractivity contribution in [2.24, 2.45) is 0 Å². The first kappa shape index (κ1) is 15.6. The highest BCUT2D eigenvalue weighted by Gasteiger charge is 2.33. The molecule has 1 aliphatic heterocycles. The number of amides is 1. The topological polar surface area (TPSA) is 51.9 Å². The highest BCUT2D eigenvalue weighted by atomic mass is 16.5. The van der Waals surface area contributed by atoms with E-state index < -0.39 is 0 Å². The Bertz CT molecular complexity index is 679. The van der Waals surface area contributed by atoms with Crippen molar-refractivity contribution in [1.82, 2.24) is 4.90 Å². The summed E-state index contributed by atoms with van der Waals surface area (Å²) in [6.07, 6.45) is 0. The van der Waals surface area contributed by atoms with E-state index >= 15 is 0 Å². The van der Waals surface area contributed by atoms with E-state index in [1.54, 1.807) is 12.0 Å². The Labute approximate surface area is 135 Å². The van der Waals surface area contributed by atoms with Gasteiger partial charge < -0.3 is 18.8 Å². The van der Waals surface area contributed by atoms with E-state index in [9.17, 15) is 4.79 Å². The zero-order chi connectivity index (χ0) is 16.2. The number of carbonyl (C=O) groups excluding carboxylic acids is 1. The predicted molar refractivity (Wildman–Crippen MR) is 85.4 cm³/mol. The Hall–Kier alpha value is -2.27. The number of furan rings is 1. The molecule has 1 unspecified atom stereocenters. The Balaban J connectivity index is 1.77. The number of carbonyl (C=O) groups is 1. The highest BCUT2D eigenvalue weighted by molar-refractivity contribution is 5.85. The number of hydrogen-bond donors (Lipinski definition) is 0. The fourth-order valence-electron chi connectivity index (χ4n) is 2.81. The summed E-state index contributed by atoms with van der Waals surface area (Å²) in [4.78, 5) is 14.7. The van der Waals surface area contributed by atoms with E-state index in [2.05, 4.69) is 0 Å². The predicted octanol–water partition coefficient (Wildman–Crippen LogP) is 2.74. The van der Waals surface area contributed by atoms with Gasteiger partial charge in [-0.05, 0) is 25.1 Å². The van der Waals surface area contributed by atoms with Crippen LogP contribution in [0.15, 0.2) is 40.8 Å². The minimum atomic E-state index is -0.265. The third-order valence-corrected chi connectivity index (χ3v) is 4.02. The lowest BCUT2D eigenvalue weighted by atomic mass is 10.00. The van der Waals surface area contributed by atoms with Crippen LogP contribution >= 0.6 is 0 Å². The third-order valence-electron chi connectivity index (χ3n) is 4.02. The van der Waals surface area contributed by atoms with Crippen LogP contribution in [-0.2, 0) is 16.1 Å². The Morgan fingerprint density at radius 1 is 1.30 bits per heavy atom. The molecule has 23 heavy (non-hydrogen) atoms. The summed E-state index contributed by atoms with van der Waals surface area (Å²) in [6.45, 7) is 3.73. The van der Waals surface area contributed by atoms with Crippen molar-refractivity contribution in [2.75, 3.05) is 26.9 Å². The average Bonchev–Trinajstić information content (AvgIpc) is 3.17. The monoisotopic (exact) mass is 315 g/mol. The molecule has 1 amide bonds. The largest absolute Gasteiger partial charge is 0.492 e. The van der Waals surface area contributed by atoms with Gasteiger partial charge in [-0.25, -0.2) is 0 Å². The van der Waals surface area contributed by atoms with Crippen LogP contribution in [0.1, 0.15) is 23.0 Å². The number of aryl methyl sites for hydroxylation is 1. The quantitative estimate of drug-likeness (QED) is 0.822. The van der Waals surface area contributed by atoms with E-state index in [1.807, 2.05) is 43.3 Å². The molecule has 5 heteroatoms. The normalized spacial score (nSPS) is 16.0. The molecule has 0 fully saturated rings. The molecule has 0 spiro atoms. The summed E-state index contributed by atoms with van der Waals surface area (Å²) >= 11 is 0. The van der Waals surface area contributed by atoms with Crippen LogP contribution in [0.2, 0.25) is 0 Å². The first-order valence-corrected chi connectivity index (χ1v) is 7.74. The minimum absolute atomic E-state index is 0.0426. The molecule has 0 N–H and O–H groups in total. The zero-order valence-corrected chi connectivity index (χ0v) is 13.5. The zero-order valence-electron chi connectivity index (χ0n) is 13.5. The summed E-state index contributed by atoms with van der Waals surface area (Å²) in [5.74, 6) is 2.19. The highest BCUT2D eigenvalue weighted by Crippen LogP contribution is 2.34. The number of benzene rings is 1. The van der Waals surface area contributed by atoms with E-state index in [4.69, 9.17) is 13.9 Å². The Morgan fingerprint density at radius 2 is 2.13 bits per heavy atom. The van der Waals surface area contributed by atoms with Crippen molar-refractivity contribution >= 4 is 5.91 Å². The molecule has 0 bridgehead atoms. The number of ether oxygens (including phenoxy) is 2.